The van der Waals surface area contributed by atoms with Gasteiger partial charge in [0.25, 0.3) is 0 Å². The molecule has 9 nitrogen and oxygen atoms in total. The van der Waals surface area contributed by atoms with Gasteiger partial charge in [0.05, 0.1) is 12.2 Å². The standard InChI is InChI=1S/C20H17Cl3N6O3S/c1-10-14(5-11-3-4-13(21)6-16(11)22)18(29-19(25-10)15(7-24)17(23)27-29)26-20(30)12-8-28(9-12)33(2,31)32/h3-4,6,12H,5,8-9H2,1-2H3,(H,26,30). The summed E-state index contributed by atoms with van der Waals surface area (Å²) in [6.07, 6.45) is 1.39. The van der Waals surface area contributed by atoms with Crippen molar-refractivity contribution < 1.29 is 13.2 Å². The van der Waals surface area contributed by atoms with Crippen LogP contribution < -0.4 is 5.32 Å². The van der Waals surface area contributed by atoms with Crippen LogP contribution in [0.15, 0.2) is 18.2 Å². The highest BCUT2D eigenvalue weighted by atomic mass is 35.5. The van der Waals surface area contributed by atoms with Crippen molar-refractivity contribution in [3.63, 3.8) is 0 Å². The maximum Gasteiger partial charge on any atom is 0.231 e. The van der Waals surface area contributed by atoms with E-state index in [0.29, 0.717) is 27.7 Å². The van der Waals surface area contributed by atoms with Gasteiger partial charge >= 0.3 is 0 Å². The van der Waals surface area contributed by atoms with E-state index in [2.05, 4.69) is 15.4 Å². The minimum absolute atomic E-state index is 0.0477. The molecule has 1 aliphatic heterocycles. The Bertz CT molecular complexity index is 1440. The van der Waals surface area contributed by atoms with Gasteiger partial charge in [-0.2, -0.15) is 14.9 Å². The van der Waals surface area contributed by atoms with Crippen LogP contribution >= 0.6 is 34.8 Å². The number of sulfonamides is 1. The summed E-state index contributed by atoms with van der Waals surface area (Å²) in [6, 6.07) is 7.07. The number of hydrogen-bond donors (Lipinski definition) is 1. The second-order valence-corrected chi connectivity index (χ2v) is 10.9. The van der Waals surface area contributed by atoms with Gasteiger partial charge in [-0.25, -0.2) is 17.7 Å². The zero-order valence-electron chi connectivity index (χ0n) is 17.4. The smallest absolute Gasteiger partial charge is 0.231 e. The van der Waals surface area contributed by atoms with Crippen LogP contribution in [0.1, 0.15) is 22.4 Å². The molecule has 1 N–H and O–H groups in total. The molecule has 3 aromatic rings. The molecule has 0 radical (unpaired) electrons. The summed E-state index contributed by atoms with van der Waals surface area (Å²) < 4.78 is 25.8. The fourth-order valence-electron chi connectivity index (χ4n) is 3.55. The predicted molar refractivity (Wildman–Crippen MR) is 125 cm³/mol. The van der Waals surface area contributed by atoms with E-state index in [1.54, 1.807) is 25.1 Å². The number of hydrogen-bond acceptors (Lipinski definition) is 6. The molecule has 172 valence electrons. The number of nitriles is 1. The molecule has 1 fully saturated rings. The highest BCUT2D eigenvalue weighted by molar-refractivity contribution is 7.88. The molecule has 0 saturated carbocycles. The van der Waals surface area contributed by atoms with Crippen LogP contribution in [0, 0.1) is 24.2 Å². The van der Waals surface area contributed by atoms with Crippen molar-refractivity contribution in [3.05, 3.63) is 55.8 Å². The average Bonchev–Trinajstić information content (AvgIpc) is 2.98. The summed E-state index contributed by atoms with van der Waals surface area (Å²) >= 11 is 18.5. The average molecular weight is 528 g/mol. The SMILES string of the molecule is Cc1nc2c(C#N)c(Cl)nn2c(NC(=O)C2CN(S(C)(=O)=O)C2)c1Cc1ccc(Cl)cc1Cl. The second-order valence-electron chi connectivity index (χ2n) is 7.72. The molecule has 1 amide bonds. The van der Waals surface area contributed by atoms with Crippen LogP contribution in [0.5, 0.6) is 0 Å². The summed E-state index contributed by atoms with van der Waals surface area (Å²) in [4.78, 5) is 17.5. The monoisotopic (exact) mass is 526 g/mol. The van der Waals surface area contributed by atoms with Crippen molar-refractivity contribution in [3.8, 4) is 6.07 Å². The van der Waals surface area contributed by atoms with Gasteiger partial charge in [-0.15, -0.1) is 0 Å². The van der Waals surface area contributed by atoms with Gasteiger partial charge < -0.3 is 5.32 Å². The highest BCUT2D eigenvalue weighted by Gasteiger charge is 2.38. The summed E-state index contributed by atoms with van der Waals surface area (Å²) in [5.41, 5.74) is 2.18. The van der Waals surface area contributed by atoms with E-state index in [9.17, 15) is 18.5 Å². The first-order chi connectivity index (χ1) is 15.5. The number of carbonyl (C=O) groups is 1. The molecule has 33 heavy (non-hydrogen) atoms. The van der Waals surface area contributed by atoms with Crippen molar-refractivity contribution >= 4 is 62.2 Å². The number of aryl methyl sites for hydroxylation is 1. The Morgan fingerprint density at radius 2 is 2.00 bits per heavy atom. The summed E-state index contributed by atoms with van der Waals surface area (Å²) in [5.74, 6) is -0.623. The van der Waals surface area contributed by atoms with Crippen LogP contribution in [-0.4, -0.2) is 52.6 Å². The van der Waals surface area contributed by atoms with E-state index < -0.39 is 15.9 Å². The third-order valence-electron chi connectivity index (χ3n) is 5.45. The Morgan fingerprint density at radius 1 is 1.30 bits per heavy atom. The molecule has 2 aromatic heterocycles. The van der Waals surface area contributed by atoms with Gasteiger partial charge in [-0.3, -0.25) is 4.79 Å². The van der Waals surface area contributed by atoms with Crippen LogP contribution in [0.25, 0.3) is 5.65 Å². The van der Waals surface area contributed by atoms with Crippen molar-refractivity contribution in [1.82, 2.24) is 18.9 Å². The number of benzene rings is 1. The van der Waals surface area contributed by atoms with E-state index in [-0.39, 0.29) is 41.2 Å². The van der Waals surface area contributed by atoms with Gasteiger partial charge in [-0.1, -0.05) is 40.9 Å². The molecule has 1 aliphatic rings. The van der Waals surface area contributed by atoms with Crippen LogP contribution in [-0.2, 0) is 21.2 Å². The van der Waals surface area contributed by atoms with Crippen LogP contribution in [0.3, 0.4) is 0 Å². The minimum Gasteiger partial charge on any atom is -0.310 e. The van der Waals surface area contributed by atoms with Crippen molar-refractivity contribution in [2.45, 2.75) is 13.3 Å². The summed E-state index contributed by atoms with van der Waals surface area (Å²) in [6.45, 7) is 1.91. The Hall–Kier alpha value is -2.42. The molecule has 3 heterocycles. The lowest BCUT2D eigenvalue weighted by Crippen LogP contribution is -2.54. The molecule has 0 atom stereocenters. The maximum atomic E-state index is 13.0. The lowest BCUT2D eigenvalue weighted by molar-refractivity contribution is -0.122. The Balaban J connectivity index is 1.77. The number of amides is 1. The van der Waals surface area contributed by atoms with Crippen molar-refractivity contribution in [1.29, 1.82) is 5.26 Å². The molecular weight excluding hydrogens is 511 g/mol. The zero-order chi connectivity index (χ0) is 24.1. The molecule has 0 spiro atoms. The van der Waals surface area contributed by atoms with Gasteiger partial charge in [0.15, 0.2) is 10.8 Å². The molecule has 4 rings (SSSR count). The fourth-order valence-corrected chi connectivity index (χ4v) is 5.13. The molecule has 1 aromatic carbocycles. The topological polar surface area (TPSA) is 120 Å². The molecule has 0 unspecified atom stereocenters. The first-order valence-corrected chi connectivity index (χ1v) is 12.7. The molecular formula is C20H17Cl3N6O3S. The Labute approximate surface area is 204 Å². The van der Waals surface area contributed by atoms with E-state index in [1.165, 1.54) is 8.82 Å². The maximum absolute atomic E-state index is 13.0. The Morgan fingerprint density at radius 3 is 2.61 bits per heavy atom. The Kier molecular flexibility index (Phi) is 6.28. The third-order valence-corrected chi connectivity index (χ3v) is 7.54. The molecule has 0 bridgehead atoms. The highest BCUT2D eigenvalue weighted by Crippen LogP contribution is 2.31. The van der Waals surface area contributed by atoms with Gasteiger partial charge in [-0.05, 0) is 24.6 Å². The lowest BCUT2D eigenvalue weighted by Gasteiger charge is -2.36. The number of rotatable bonds is 5. The largest absolute Gasteiger partial charge is 0.310 e. The van der Waals surface area contributed by atoms with Gasteiger partial charge in [0.2, 0.25) is 15.9 Å². The zero-order valence-corrected chi connectivity index (χ0v) is 20.5. The molecule has 13 heteroatoms. The first-order valence-electron chi connectivity index (χ1n) is 9.67. The number of carbonyl (C=O) groups excluding carboxylic acids is 1. The van der Waals surface area contributed by atoms with Crippen LogP contribution in [0.2, 0.25) is 15.2 Å². The third kappa shape index (κ3) is 4.52. The lowest BCUT2D eigenvalue weighted by atomic mass is 10.0. The number of aromatic nitrogens is 3. The summed E-state index contributed by atoms with van der Waals surface area (Å²) in [7, 11) is -3.36. The van der Waals surface area contributed by atoms with Gasteiger partial charge in [0.1, 0.15) is 17.5 Å². The van der Waals surface area contributed by atoms with E-state index in [4.69, 9.17) is 34.8 Å². The van der Waals surface area contributed by atoms with E-state index in [1.807, 2.05) is 6.07 Å². The number of nitrogens with zero attached hydrogens (tertiary/aromatic N) is 5. The van der Waals surface area contributed by atoms with E-state index in [0.717, 1.165) is 11.8 Å². The van der Waals surface area contributed by atoms with Crippen molar-refractivity contribution in [2.75, 3.05) is 24.7 Å². The molecule has 1 saturated heterocycles. The normalized spacial score (nSPS) is 14.8. The number of halogens is 3. The van der Waals surface area contributed by atoms with Crippen LogP contribution in [0.4, 0.5) is 5.82 Å². The predicted octanol–water partition coefficient (Wildman–Crippen LogP) is 3.29. The minimum atomic E-state index is -3.36. The number of anilines is 1. The summed E-state index contributed by atoms with van der Waals surface area (Å²) in [5, 5.41) is 17.4. The van der Waals surface area contributed by atoms with Gasteiger partial charge in [0, 0.05) is 40.8 Å². The number of fused-ring (bicyclic) bond motifs is 1. The quantitative estimate of drug-likeness (QED) is 0.543. The number of nitrogens with one attached hydrogen (secondary N) is 1. The second kappa shape index (κ2) is 8.74. The van der Waals surface area contributed by atoms with E-state index >= 15 is 0 Å². The van der Waals surface area contributed by atoms with Crippen molar-refractivity contribution in [2.24, 2.45) is 5.92 Å². The fraction of sp³-hybridized carbons (Fsp3) is 0.300. The first kappa shape index (κ1) is 23.7. The molecule has 0 aliphatic carbocycles.